The molecule has 2 aliphatic rings. The second-order valence-electron chi connectivity index (χ2n) is 6.05. The smallest absolute Gasteiger partial charge is 0.122 e. The van der Waals surface area contributed by atoms with Crippen LogP contribution in [-0.4, -0.2) is 43.1 Å². The van der Waals surface area contributed by atoms with Crippen molar-refractivity contribution in [3.05, 3.63) is 29.8 Å². The number of para-hydroxylation sites is 1. The summed E-state index contributed by atoms with van der Waals surface area (Å²) in [5.41, 5.74) is 0.281. The summed E-state index contributed by atoms with van der Waals surface area (Å²) in [6, 6.07) is 8.01. The number of hydrogen-bond donors (Lipinski definition) is 2. The van der Waals surface area contributed by atoms with Gasteiger partial charge < -0.3 is 19.9 Å². The second kappa shape index (κ2) is 6.34. The van der Waals surface area contributed by atoms with E-state index in [1.807, 2.05) is 25.1 Å². The lowest BCUT2D eigenvalue weighted by Gasteiger charge is -2.39. The first kappa shape index (κ1) is 14.8. The lowest BCUT2D eigenvalue weighted by molar-refractivity contribution is -0.130. The van der Waals surface area contributed by atoms with E-state index in [1.165, 1.54) is 0 Å². The Kier molecular flexibility index (Phi) is 4.48. The predicted octanol–water partition coefficient (Wildman–Crippen LogP) is 1.76. The number of rotatable bonds is 6. The van der Waals surface area contributed by atoms with Crippen LogP contribution in [0.4, 0.5) is 0 Å². The third-order valence-electron chi connectivity index (χ3n) is 4.52. The van der Waals surface area contributed by atoms with Gasteiger partial charge in [-0.1, -0.05) is 18.2 Å². The van der Waals surface area contributed by atoms with E-state index in [1.54, 1.807) is 0 Å². The Bertz CT molecular complexity index is 469. The fourth-order valence-electron chi connectivity index (χ4n) is 3.24. The van der Waals surface area contributed by atoms with Gasteiger partial charge in [-0.3, -0.25) is 0 Å². The van der Waals surface area contributed by atoms with E-state index in [2.05, 4.69) is 11.4 Å². The third-order valence-corrected chi connectivity index (χ3v) is 4.52. The van der Waals surface area contributed by atoms with Crippen LogP contribution in [0.1, 0.15) is 25.3 Å². The van der Waals surface area contributed by atoms with Crippen molar-refractivity contribution >= 4 is 0 Å². The van der Waals surface area contributed by atoms with Gasteiger partial charge in [0.1, 0.15) is 5.75 Å². The topological polar surface area (TPSA) is 50.7 Å². The van der Waals surface area contributed by atoms with Gasteiger partial charge in [-0.25, -0.2) is 0 Å². The number of nitrogens with one attached hydrogen (secondary N) is 1. The van der Waals surface area contributed by atoms with Gasteiger partial charge in [0.25, 0.3) is 0 Å². The first-order chi connectivity index (χ1) is 10.2. The van der Waals surface area contributed by atoms with Crippen LogP contribution in [0.25, 0.3) is 0 Å². The molecule has 4 heteroatoms. The maximum absolute atomic E-state index is 11.3. The molecule has 4 nitrogen and oxygen atoms in total. The van der Waals surface area contributed by atoms with Crippen LogP contribution >= 0.6 is 0 Å². The fraction of sp³-hybridized carbons (Fsp3) is 0.647. The zero-order valence-corrected chi connectivity index (χ0v) is 12.7. The van der Waals surface area contributed by atoms with Crippen LogP contribution < -0.4 is 10.1 Å². The largest absolute Gasteiger partial charge is 0.494 e. The van der Waals surface area contributed by atoms with Crippen LogP contribution in [0.2, 0.25) is 0 Å². The SMILES string of the molecule is CCOc1ccccc1CC(O)(C1CC1)C1CNCCO1. The lowest BCUT2D eigenvalue weighted by Crippen LogP contribution is -2.55. The molecule has 1 aliphatic heterocycles. The maximum Gasteiger partial charge on any atom is 0.122 e. The molecule has 116 valence electrons. The van der Waals surface area contributed by atoms with Crippen molar-refractivity contribution in [2.75, 3.05) is 26.3 Å². The molecule has 1 saturated heterocycles. The van der Waals surface area contributed by atoms with Crippen molar-refractivity contribution in [1.29, 1.82) is 0 Å². The highest BCUT2D eigenvalue weighted by Gasteiger charge is 2.50. The van der Waals surface area contributed by atoms with Crippen molar-refractivity contribution in [2.24, 2.45) is 5.92 Å². The van der Waals surface area contributed by atoms with E-state index >= 15 is 0 Å². The maximum atomic E-state index is 11.3. The summed E-state index contributed by atoms with van der Waals surface area (Å²) in [7, 11) is 0. The third kappa shape index (κ3) is 3.23. The molecule has 1 heterocycles. The van der Waals surface area contributed by atoms with Gasteiger partial charge in [0.15, 0.2) is 0 Å². The van der Waals surface area contributed by atoms with Crippen LogP contribution in [0.15, 0.2) is 24.3 Å². The molecule has 0 bridgehead atoms. The van der Waals surface area contributed by atoms with Crippen molar-refractivity contribution in [3.63, 3.8) is 0 Å². The summed E-state index contributed by atoms with van der Waals surface area (Å²) in [4.78, 5) is 0. The zero-order chi connectivity index (χ0) is 14.7. The first-order valence-corrected chi connectivity index (χ1v) is 7.99. The lowest BCUT2D eigenvalue weighted by atomic mass is 9.83. The number of benzene rings is 1. The van der Waals surface area contributed by atoms with Crippen molar-refractivity contribution in [1.82, 2.24) is 5.32 Å². The minimum absolute atomic E-state index is 0.131. The molecule has 1 aromatic carbocycles. The quantitative estimate of drug-likeness (QED) is 0.838. The van der Waals surface area contributed by atoms with E-state index in [9.17, 15) is 5.11 Å². The van der Waals surface area contributed by atoms with Gasteiger partial charge in [0, 0.05) is 19.5 Å². The molecule has 0 radical (unpaired) electrons. The minimum Gasteiger partial charge on any atom is -0.494 e. The summed E-state index contributed by atoms with van der Waals surface area (Å²) in [6.07, 6.45) is 2.65. The molecule has 1 saturated carbocycles. The Labute approximate surface area is 126 Å². The van der Waals surface area contributed by atoms with Gasteiger partial charge in [-0.05, 0) is 37.3 Å². The standard InChI is InChI=1S/C17H25NO3/c1-2-20-15-6-4-3-5-13(15)11-17(19,14-7-8-14)16-12-18-9-10-21-16/h3-6,14,16,18-19H,2,7-12H2,1H3. The Hall–Kier alpha value is -1.10. The van der Waals surface area contributed by atoms with Crippen molar-refractivity contribution in [2.45, 2.75) is 37.9 Å². The van der Waals surface area contributed by atoms with E-state index in [0.29, 0.717) is 25.6 Å². The summed E-state index contributed by atoms with van der Waals surface area (Å²) in [5.74, 6) is 1.22. The summed E-state index contributed by atoms with van der Waals surface area (Å²) in [6.45, 7) is 4.89. The summed E-state index contributed by atoms with van der Waals surface area (Å²) < 4.78 is 11.6. The van der Waals surface area contributed by atoms with E-state index in [0.717, 1.165) is 37.2 Å². The van der Waals surface area contributed by atoms with Crippen molar-refractivity contribution < 1.29 is 14.6 Å². The van der Waals surface area contributed by atoms with Gasteiger partial charge >= 0.3 is 0 Å². The minimum atomic E-state index is -0.791. The highest BCUT2D eigenvalue weighted by molar-refractivity contribution is 5.35. The molecular weight excluding hydrogens is 266 g/mol. The molecule has 0 spiro atoms. The Morgan fingerprint density at radius 2 is 2.19 bits per heavy atom. The van der Waals surface area contributed by atoms with E-state index in [-0.39, 0.29) is 6.10 Å². The average Bonchev–Trinajstić information content (AvgIpc) is 3.35. The number of morpholine rings is 1. The van der Waals surface area contributed by atoms with Crippen molar-refractivity contribution in [3.8, 4) is 5.75 Å². The average molecular weight is 291 g/mol. The molecule has 1 aliphatic carbocycles. The van der Waals surface area contributed by atoms with Gasteiger partial charge in [-0.2, -0.15) is 0 Å². The van der Waals surface area contributed by atoms with E-state index in [4.69, 9.17) is 9.47 Å². The van der Waals surface area contributed by atoms with Crippen LogP contribution in [-0.2, 0) is 11.2 Å². The second-order valence-corrected chi connectivity index (χ2v) is 6.05. The number of ether oxygens (including phenoxy) is 2. The monoisotopic (exact) mass is 291 g/mol. The Balaban J connectivity index is 1.81. The summed E-state index contributed by atoms with van der Waals surface area (Å²) in [5, 5.41) is 14.6. The Morgan fingerprint density at radius 3 is 2.86 bits per heavy atom. The van der Waals surface area contributed by atoms with Crippen LogP contribution in [0, 0.1) is 5.92 Å². The Morgan fingerprint density at radius 1 is 1.38 bits per heavy atom. The summed E-state index contributed by atoms with van der Waals surface area (Å²) >= 11 is 0. The highest BCUT2D eigenvalue weighted by Crippen LogP contribution is 2.45. The molecule has 3 rings (SSSR count). The molecule has 2 fully saturated rings. The highest BCUT2D eigenvalue weighted by atomic mass is 16.5. The van der Waals surface area contributed by atoms with Gasteiger partial charge in [0.2, 0.25) is 0 Å². The fourth-order valence-corrected chi connectivity index (χ4v) is 3.24. The van der Waals surface area contributed by atoms with Gasteiger partial charge in [-0.15, -0.1) is 0 Å². The molecule has 2 N–H and O–H groups in total. The molecule has 2 atom stereocenters. The molecule has 2 unspecified atom stereocenters. The van der Waals surface area contributed by atoms with Crippen LogP contribution in [0.5, 0.6) is 5.75 Å². The van der Waals surface area contributed by atoms with Gasteiger partial charge in [0.05, 0.1) is 24.9 Å². The van der Waals surface area contributed by atoms with E-state index < -0.39 is 5.60 Å². The molecule has 0 aromatic heterocycles. The molecule has 1 aromatic rings. The molecule has 21 heavy (non-hydrogen) atoms. The predicted molar refractivity (Wildman–Crippen MR) is 81.6 cm³/mol. The first-order valence-electron chi connectivity index (χ1n) is 7.99. The van der Waals surface area contributed by atoms with Crippen LogP contribution in [0.3, 0.4) is 0 Å². The normalized spacial score (nSPS) is 25.3. The number of aliphatic hydroxyl groups is 1. The number of hydrogen-bond acceptors (Lipinski definition) is 4. The molecular formula is C17H25NO3. The molecule has 0 amide bonds. The zero-order valence-electron chi connectivity index (χ0n) is 12.7.